The van der Waals surface area contributed by atoms with Crippen molar-refractivity contribution in [3.05, 3.63) is 11.6 Å². The van der Waals surface area contributed by atoms with E-state index in [0.29, 0.717) is 44.5 Å². The summed E-state index contributed by atoms with van der Waals surface area (Å²) in [5.41, 5.74) is 0.670. The predicted molar refractivity (Wildman–Crippen MR) is 67.4 cm³/mol. The Morgan fingerprint density at radius 2 is 1.95 bits per heavy atom. The molecule has 1 aliphatic carbocycles. The van der Waals surface area contributed by atoms with Gasteiger partial charge in [0.2, 0.25) is 0 Å². The first-order valence-electron chi connectivity index (χ1n) is 6.76. The molecule has 106 valence electrons. The van der Waals surface area contributed by atoms with Crippen LogP contribution in [0.2, 0.25) is 0 Å². The Balaban J connectivity index is 1.78. The molecule has 1 spiro atoms. The van der Waals surface area contributed by atoms with E-state index in [1.807, 2.05) is 6.08 Å². The van der Waals surface area contributed by atoms with Crippen molar-refractivity contribution in [2.75, 3.05) is 20.3 Å². The van der Waals surface area contributed by atoms with Crippen LogP contribution >= 0.6 is 0 Å². The minimum absolute atomic E-state index is 0.0734. The molecule has 1 saturated heterocycles. The molecule has 1 fully saturated rings. The summed E-state index contributed by atoms with van der Waals surface area (Å²) in [6.45, 7) is 1.10. The number of allylic oxidation sites excluding steroid dienone is 1. The van der Waals surface area contributed by atoms with Gasteiger partial charge in [0.25, 0.3) is 0 Å². The zero-order chi connectivity index (χ0) is 13.7. The van der Waals surface area contributed by atoms with E-state index in [4.69, 9.17) is 9.47 Å². The van der Waals surface area contributed by atoms with Crippen molar-refractivity contribution in [2.24, 2.45) is 0 Å². The van der Waals surface area contributed by atoms with Crippen LogP contribution in [0.1, 0.15) is 38.5 Å². The Hall–Kier alpha value is -1.20. The molecule has 2 rings (SSSR count). The van der Waals surface area contributed by atoms with Gasteiger partial charge in [-0.1, -0.05) is 6.08 Å². The summed E-state index contributed by atoms with van der Waals surface area (Å²) in [5, 5.41) is 0. The number of methoxy groups -OCH3 is 1. The maximum absolute atomic E-state index is 12.2. The van der Waals surface area contributed by atoms with Crippen molar-refractivity contribution in [2.45, 2.75) is 44.3 Å². The van der Waals surface area contributed by atoms with Gasteiger partial charge in [-0.15, -0.1) is 0 Å². The summed E-state index contributed by atoms with van der Waals surface area (Å²) in [4.78, 5) is 23.1. The van der Waals surface area contributed by atoms with E-state index in [1.165, 1.54) is 7.11 Å². The highest BCUT2D eigenvalue weighted by Gasteiger charge is 2.45. The number of ketones is 1. The number of unbranched alkanes of at least 4 members (excludes halogenated alkanes) is 1. The fraction of sp³-hybridized carbons (Fsp3) is 0.714. The normalized spacial score (nSPS) is 20.6. The third-order valence-corrected chi connectivity index (χ3v) is 3.55. The van der Waals surface area contributed by atoms with E-state index in [2.05, 4.69) is 4.74 Å². The van der Waals surface area contributed by atoms with Crippen LogP contribution < -0.4 is 0 Å². The van der Waals surface area contributed by atoms with Gasteiger partial charge in [0, 0.05) is 24.8 Å². The zero-order valence-corrected chi connectivity index (χ0v) is 11.3. The molecule has 0 atom stereocenters. The van der Waals surface area contributed by atoms with E-state index < -0.39 is 5.79 Å². The van der Waals surface area contributed by atoms with E-state index in [-0.39, 0.29) is 11.8 Å². The lowest BCUT2D eigenvalue weighted by Gasteiger charge is -2.24. The quantitative estimate of drug-likeness (QED) is 0.542. The molecule has 0 aromatic rings. The van der Waals surface area contributed by atoms with Crippen molar-refractivity contribution in [1.82, 2.24) is 0 Å². The van der Waals surface area contributed by atoms with Gasteiger partial charge in [-0.3, -0.25) is 9.59 Å². The van der Waals surface area contributed by atoms with Crippen LogP contribution in [0.25, 0.3) is 0 Å². The Bertz CT molecular complexity index is 379. The average molecular weight is 268 g/mol. The first kappa shape index (κ1) is 14.2. The molecule has 0 bridgehead atoms. The average Bonchev–Trinajstić information content (AvgIpc) is 3.05. The zero-order valence-electron chi connectivity index (χ0n) is 11.3. The number of Topliss-reactive ketones (excluding diaryl/α,β-unsaturated/α-hetero) is 1. The second-order valence-electron chi connectivity index (χ2n) is 4.81. The first-order chi connectivity index (χ1) is 9.18. The SMILES string of the molecule is COC(=O)CCCCC(=O)C1=CCCC12OCCO2. The highest BCUT2D eigenvalue weighted by atomic mass is 16.7. The van der Waals surface area contributed by atoms with Gasteiger partial charge in [0.15, 0.2) is 11.6 Å². The fourth-order valence-corrected chi connectivity index (χ4v) is 2.57. The van der Waals surface area contributed by atoms with Gasteiger partial charge in [-0.2, -0.15) is 0 Å². The third kappa shape index (κ3) is 3.22. The first-order valence-corrected chi connectivity index (χ1v) is 6.76. The monoisotopic (exact) mass is 268 g/mol. The van der Waals surface area contributed by atoms with Gasteiger partial charge in [0.1, 0.15) is 0 Å². The van der Waals surface area contributed by atoms with Gasteiger partial charge in [-0.05, 0) is 19.3 Å². The third-order valence-electron chi connectivity index (χ3n) is 3.55. The van der Waals surface area contributed by atoms with Gasteiger partial charge in [0.05, 0.1) is 20.3 Å². The smallest absolute Gasteiger partial charge is 0.305 e. The van der Waals surface area contributed by atoms with Crippen LogP contribution in [0.15, 0.2) is 11.6 Å². The molecule has 0 aromatic heterocycles. The molecular weight excluding hydrogens is 248 g/mol. The summed E-state index contributed by atoms with van der Waals surface area (Å²) in [7, 11) is 1.37. The van der Waals surface area contributed by atoms with E-state index in [9.17, 15) is 9.59 Å². The number of carbonyl (C=O) groups excluding carboxylic acids is 2. The largest absolute Gasteiger partial charge is 0.469 e. The van der Waals surface area contributed by atoms with Crippen molar-refractivity contribution < 1.29 is 23.8 Å². The van der Waals surface area contributed by atoms with Crippen LogP contribution in [-0.4, -0.2) is 37.9 Å². The molecule has 0 unspecified atom stereocenters. The minimum Gasteiger partial charge on any atom is -0.469 e. The molecule has 1 aliphatic heterocycles. The molecule has 19 heavy (non-hydrogen) atoms. The Morgan fingerprint density at radius 1 is 1.26 bits per heavy atom. The Morgan fingerprint density at radius 3 is 2.63 bits per heavy atom. The highest BCUT2D eigenvalue weighted by molar-refractivity contribution is 5.97. The molecule has 1 heterocycles. The van der Waals surface area contributed by atoms with E-state index >= 15 is 0 Å². The Kier molecular flexibility index (Phi) is 4.71. The lowest BCUT2D eigenvalue weighted by atomic mass is 10.00. The topological polar surface area (TPSA) is 61.8 Å². The van der Waals surface area contributed by atoms with Crippen LogP contribution in [0, 0.1) is 0 Å². The molecular formula is C14H20O5. The molecule has 0 aromatic carbocycles. The molecule has 0 saturated carbocycles. The van der Waals surface area contributed by atoms with Crippen molar-refractivity contribution in [3.8, 4) is 0 Å². The van der Waals surface area contributed by atoms with Crippen LogP contribution in [0.5, 0.6) is 0 Å². The van der Waals surface area contributed by atoms with E-state index in [0.717, 1.165) is 12.8 Å². The second kappa shape index (κ2) is 6.30. The standard InChI is InChI=1S/C14H20O5/c1-17-13(16)7-3-2-6-12(15)11-5-4-8-14(11)18-9-10-19-14/h5H,2-4,6-10H2,1H3. The number of carbonyl (C=O) groups is 2. The number of ether oxygens (including phenoxy) is 3. The number of hydrogen-bond donors (Lipinski definition) is 0. The summed E-state index contributed by atoms with van der Waals surface area (Å²) >= 11 is 0. The van der Waals surface area contributed by atoms with Gasteiger partial charge in [-0.25, -0.2) is 0 Å². The van der Waals surface area contributed by atoms with Crippen LogP contribution in [-0.2, 0) is 23.8 Å². The summed E-state index contributed by atoms with van der Waals surface area (Å²) in [6.07, 6.45) is 5.62. The number of rotatable bonds is 6. The van der Waals surface area contributed by atoms with Crippen LogP contribution in [0.4, 0.5) is 0 Å². The van der Waals surface area contributed by atoms with Crippen molar-refractivity contribution in [3.63, 3.8) is 0 Å². The maximum Gasteiger partial charge on any atom is 0.305 e. The summed E-state index contributed by atoms with van der Waals surface area (Å²) in [6, 6.07) is 0. The summed E-state index contributed by atoms with van der Waals surface area (Å²) in [5.74, 6) is -0.921. The number of hydrogen-bond acceptors (Lipinski definition) is 5. The molecule has 0 N–H and O–H groups in total. The molecule has 2 aliphatic rings. The predicted octanol–water partition coefficient (Wildman–Crippen LogP) is 1.75. The van der Waals surface area contributed by atoms with Gasteiger partial charge < -0.3 is 14.2 Å². The molecule has 0 amide bonds. The lowest BCUT2D eigenvalue weighted by molar-refractivity contribution is -0.142. The molecule has 5 nitrogen and oxygen atoms in total. The minimum atomic E-state index is -0.764. The highest BCUT2D eigenvalue weighted by Crippen LogP contribution is 2.39. The maximum atomic E-state index is 12.2. The second-order valence-corrected chi connectivity index (χ2v) is 4.81. The van der Waals surface area contributed by atoms with Crippen LogP contribution in [0.3, 0.4) is 0 Å². The molecule has 5 heteroatoms. The van der Waals surface area contributed by atoms with Crippen molar-refractivity contribution >= 4 is 11.8 Å². The van der Waals surface area contributed by atoms with E-state index in [1.54, 1.807) is 0 Å². The molecule has 0 radical (unpaired) electrons. The van der Waals surface area contributed by atoms with Crippen molar-refractivity contribution in [1.29, 1.82) is 0 Å². The summed E-state index contributed by atoms with van der Waals surface area (Å²) < 4.78 is 15.8. The fourth-order valence-electron chi connectivity index (χ4n) is 2.57. The lowest BCUT2D eigenvalue weighted by Crippen LogP contribution is -2.33. The number of esters is 1. The Labute approximate surface area is 112 Å². The van der Waals surface area contributed by atoms with Gasteiger partial charge >= 0.3 is 5.97 Å².